The van der Waals surface area contributed by atoms with E-state index in [0.29, 0.717) is 23.9 Å². The number of hydrogen-bond acceptors (Lipinski definition) is 3. The van der Waals surface area contributed by atoms with Gasteiger partial charge in [-0.05, 0) is 18.2 Å². The molecule has 0 N–H and O–H groups in total. The summed E-state index contributed by atoms with van der Waals surface area (Å²) in [7, 11) is 0. The molecular weight excluding hydrogens is 238 g/mol. The van der Waals surface area contributed by atoms with Crippen molar-refractivity contribution in [2.75, 3.05) is 24.7 Å². The highest BCUT2D eigenvalue weighted by atomic mass is 32.2. The van der Waals surface area contributed by atoms with Crippen LogP contribution < -0.4 is 0 Å². The molecule has 15 heavy (non-hydrogen) atoms. The average Bonchev–Trinajstić information content (AvgIpc) is 2.23. The lowest BCUT2D eigenvalue weighted by molar-refractivity contribution is 0.167. The van der Waals surface area contributed by atoms with Crippen molar-refractivity contribution in [3.05, 3.63) is 29.8 Å². The minimum Gasteiger partial charge on any atom is -0.380 e. The summed E-state index contributed by atoms with van der Waals surface area (Å²) in [4.78, 5) is 0.711. The summed E-state index contributed by atoms with van der Waals surface area (Å²) in [5.41, 5.74) is 0. The van der Waals surface area contributed by atoms with Crippen LogP contribution in [-0.2, 0) is 4.74 Å². The number of thioether (sulfide) groups is 1. The van der Waals surface area contributed by atoms with Gasteiger partial charge < -0.3 is 4.74 Å². The molecule has 84 valence electrons. The Balaban J connectivity index is 2.28. The van der Waals surface area contributed by atoms with Crippen molar-refractivity contribution in [1.29, 1.82) is 0 Å². The summed E-state index contributed by atoms with van der Waals surface area (Å²) in [5.74, 6) is -0.212. The van der Waals surface area contributed by atoms with Crippen LogP contribution in [0.25, 0.3) is 0 Å². The number of halogens is 2. The van der Waals surface area contributed by atoms with Gasteiger partial charge in [-0.2, -0.15) is 12.6 Å². The molecule has 0 aromatic heterocycles. The van der Waals surface area contributed by atoms with Gasteiger partial charge >= 0.3 is 0 Å². The molecule has 0 unspecified atom stereocenters. The number of rotatable bonds is 6. The van der Waals surface area contributed by atoms with Crippen LogP contribution in [0.1, 0.15) is 0 Å². The SMILES string of the molecule is Fc1ccc(SCCOCCS)cc1F. The molecule has 0 bridgehead atoms. The fourth-order valence-corrected chi connectivity index (χ4v) is 1.87. The predicted molar refractivity (Wildman–Crippen MR) is 61.8 cm³/mol. The summed E-state index contributed by atoms with van der Waals surface area (Å²) in [5, 5.41) is 0. The van der Waals surface area contributed by atoms with E-state index in [1.165, 1.54) is 17.8 Å². The fraction of sp³-hybridized carbons (Fsp3) is 0.400. The highest BCUT2D eigenvalue weighted by molar-refractivity contribution is 7.99. The maximum atomic E-state index is 12.8. The fourth-order valence-electron chi connectivity index (χ4n) is 0.952. The van der Waals surface area contributed by atoms with Crippen molar-refractivity contribution >= 4 is 24.4 Å². The maximum Gasteiger partial charge on any atom is 0.159 e. The van der Waals surface area contributed by atoms with Crippen LogP contribution in [0, 0.1) is 11.6 Å². The van der Waals surface area contributed by atoms with Gasteiger partial charge in [0.15, 0.2) is 11.6 Å². The van der Waals surface area contributed by atoms with Gasteiger partial charge in [0.2, 0.25) is 0 Å². The third kappa shape index (κ3) is 4.86. The molecule has 1 aromatic rings. The van der Waals surface area contributed by atoms with E-state index in [1.807, 2.05) is 0 Å². The van der Waals surface area contributed by atoms with Gasteiger partial charge in [-0.25, -0.2) is 8.78 Å². The topological polar surface area (TPSA) is 9.23 Å². The molecule has 0 amide bonds. The Morgan fingerprint density at radius 2 is 2.00 bits per heavy atom. The van der Waals surface area contributed by atoms with Crippen LogP contribution in [-0.4, -0.2) is 24.7 Å². The van der Waals surface area contributed by atoms with Crippen LogP contribution in [0.2, 0.25) is 0 Å². The minimum absolute atomic E-state index is 0.588. The smallest absolute Gasteiger partial charge is 0.159 e. The second-order valence-corrected chi connectivity index (χ2v) is 4.38. The molecule has 0 aliphatic rings. The second-order valence-electron chi connectivity index (χ2n) is 2.76. The Morgan fingerprint density at radius 3 is 2.67 bits per heavy atom. The molecule has 1 aromatic carbocycles. The van der Waals surface area contributed by atoms with Gasteiger partial charge in [-0.3, -0.25) is 0 Å². The molecule has 0 saturated heterocycles. The van der Waals surface area contributed by atoms with E-state index < -0.39 is 11.6 Å². The van der Waals surface area contributed by atoms with Crippen molar-refractivity contribution in [1.82, 2.24) is 0 Å². The quantitative estimate of drug-likeness (QED) is 0.472. The van der Waals surface area contributed by atoms with E-state index >= 15 is 0 Å². The second kappa shape index (κ2) is 7.09. The summed E-state index contributed by atoms with van der Waals surface area (Å²) >= 11 is 5.43. The standard InChI is InChI=1S/C10H12F2OS2/c11-9-2-1-8(7-10(9)12)15-6-4-13-3-5-14/h1-2,7,14H,3-6H2. The first-order valence-electron chi connectivity index (χ1n) is 4.50. The van der Waals surface area contributed by atoms with Gasteiger partial charge in [0, 0.05) is 16.4 Å². The van der Waals surface area contributed by atoms with Crippen LogP contribution in [0.5, 0.6) is 0 Å². The molecule has 0 heterocycles. The van der Waals surface area contributed by atoms with Crippen molar-refractivity contribution in [2.45, 2.75) is 4.90 Å². The number of thiol groups is 1. The Hall–Kier alpha value is -0.260. The Labute approximate surface area is 97.6 Å². The van der Waals surface area contributed by atoms with E-state index in [1.54, 1.807) is 6.07 Å². The highest BCUT2D eigenvalue weighted by Gasteiger charge is 2.02. The lowest BCUT2D eigenvalue weighted by Crippen LogP contribution is -1.99. The molecule has 5 heteroatoms. The van der Waals surface area contributed by atoms with Crippen LogP contribution in [0.15, 0.2) is 23.1 Å². The molecule has 0 aliphatic heterocycles. The van der Waals surface area contributed by atoms with Gasteiger partial charge in [0.05, 0.1) is 13.2 Å². The predicted octanol–water partition coefficient (Wildman–Crippen LogP) is 3.00. The monoisotopic (exact) mass is 250 g/mol. The zero-order valence-electron chi connectivity index (χ0n) is 8.08. The van der Waals surface area contributed by atoms with Gasteiger partial charge in [-0.1, -0.05) is 0 Å². The lowest BCUT2D eigenvalue weighted by atomic mass is 10.3. The Morgan fingerprint density at radius 1 is 1.20 bits per heavy atom. The molecule has 0 saturated carbocycles. The zero-order chi connectivity index (χ0) is 11.1. The molecular formula is C10H12F2OS2. The molecule has 0 fully saturated rings. The van der Waals surface area contributed by atoms with Gasteiger partial charge in [0.25, 0.3) is 0 Å². The van der Waals surface area contributed by atoms with Crippen molar-refractivity contribution in [3.8, 4) is 0 Å². The van der Waals surface area contributed by atoms with Crippen LogP contribution >= 0.6 is 24.4 Å². The normalized spacial score (nSPS) is 10.6. The van der Waals surface area contributed by atoms with E-state index in [0.717, 1.165) is 11.8 Å². The highest BCUT2D eigenvalue weighted by Crippen LogP contribution is 2.19. The third-order valence-corrected chi connectivity index (χ3v) is 2.76. The third-order valence-electron chi connectivity index (χ3n) is 1.62. The number of hydrogen-bond donors (Lipinski definition) is 1. The van der Waals surface area contributed by atoms with Crippen LogP contribution in [0.4, 0.5) is 8.78 Å². The minimum atomic E-state index is -0.814. The first-order valence-corrected chi connectivity index (χ1v) is 6.12. The van der Waals surface area contributed by atoms with Crippen molar-refractivity contribution < 1.29 is 13.5 Å². The van der Waals surface area contributed by atoms with E-state index in [-0.39, 0.29) is 0 Å². The average molecular weight is 250 g/mol. The Kier molecular flexibility index (Phi) is 6.05. The van der Waals surface area contributed by atoms with E-state index in [2.05, 4.69) is 12.6 Å². The van der Waals surface area contributed by atoms with Crippen molar-refractivity contribution in [2.24, 2.45) is 0 Å². The molecule has 0 atom stereocenters. The number of ether oxygens (including phenoxy) is 1. The zero-order valence-corrected chi connectivity index (χ0v) is 9.79. The van der Waals surface area contributed by atoms with Gasteiger partial charge in [0.1, 0.15) is 0 Å². The maximum absolute atomic E-state index is 12.8. The summed E-state index contributed by atoms with van der Waals surface area (Å²) in [6, 6.07) is 3.88. The molecule has 1 nitrogen and oxygen atoms in total. The van der Waals surface area contributed by atoms with E-state index in [9.17, 15) is 8.78 Å². The number of benzene rings is 1. The van der Waals surface area contributed by atoms with Crippen molar-refractivity contribution in [3.63, 3.8) is 0 Å². The Bertz CT molecular complexity index is 307. The summed E-state index contributed by atoms with van der Waals surface area (Å²) in [6.07, 6.45) is 0. The van der Waals surface area contributed by atoms with Gasteiger partial charge in [-0.15, -0.1) is 11.8 Å². The lowest BCUT2D eigenvalue weighted by Gasteiger charge is -2.03. The van der Waals surface area contributed by atoms with E-state index in [4.69, 9.17) is 4.74 Å². The van der Waals surface area contributed by atoms with Crippen LogP contribution in [0.3, 0.4) is 0 Å². The molecule has 1 rings (SSSR count). The molecule has 0 radical (unpaired) electrons. The first-order chi connectivity index (χ1) is 7.24. The summed E-state index contributed by atoms with van der Waals surface area (Å²) < 4.78 is 30.5. The molecule has 0 spiro atoms. The molecule has 0 aliphatic carbocycles. The summed E-state index contributed by atoms with van der Waals surface area (Å²) in [6.45, 7) is 1.20. The largest absolute Gasteiger partial charge is 0.380 e. The first kappa shape index (κ1) is 12.8.